The lowest BCUT2D eigenvalue weighted by atomic mass is 9.98. The van der Waals surface area contributed by atoms with Gasteiger partial charge >= 0.3 is 5.97 Å². The van der Waals surface area contributed by atoms with Crippen LogP contribution in [-0.2, 0) is 0 Å². The maximum atomic E-state index is 12.7. The Bertz CT molecular complexity index is 906. The van der Waals surface area contributed by atoms with Crippen LogP contribution < -0.4 is 5.32 Å². The first kappa shape index (κ1) is 18.5. The lowest BCUT2D eigenvalue weighted by molar-refractivity contribution is 0.0693. The largest absolute Gasteiger partial charge is 0.478 e. The summed E-state index contributed by atoms with van der Waals surface area (Å²) in [6.45, 7) is 0. The van der Waals surface area contributed by atoms with Gasteiger partial charge in [0.2, 0.25) is 0 Å². The summed E-state index contributed by atoms with van der Waals surface area (Å²) in [5.74, 6) is -1.64. The second-order valence-corrected chi connectivity index (χ2v) is 5.91. The predicted molar refractivity (Wildman–Crippen MR) is 97.6 cm³/mol. The number of aromatic carboxylic acids is 1. The lowest BCUT2D eigenvalue weighted by Gasteiger charge is -2.07. The van der Waals surface area contributed by atoms with E-state index >= 15 is 0 Å². The Balaban J connectivity index is 2.48. The molecule has 2 aromatic rings. The number of benzene rings is 2. The summed E-state index contributed by atoms with van der Waals surface area (Å²) < 4.78 is 0. The van der Waals surface area contributed by atoms with Gasteiger partial charge in [0.25, 0.3) is 0 Å². The van der Waals surface area contributed by atoms with Gasteiger partial charge < -0.3 is 5.11 Å². The van der Waals surface area contributed by atoms with E-state index in [0.29, 0.717) is 15.9 Å². The number of amidine groups is 1. The number of carboxylic acids is 1. The van der Waals surface area contributed by atoms with Gasteiger partial charge in [-0.1, -0.05) is 41.6 Å². The van der Waals surface area contributed by atoms with E-state index in [1.807, 2.05) is 0 Å². The second-order valence-electron chi connectivity index (χ2n) is 4.70. The molecule has 0 heterocycles. The Morgan fingerprint density at radius 2 is 1.92 bits per heavy atom. The van der Waals surface area contributed by atoms with Crippen molar-refractivity contribution in [1.29, 1.82) is 5.26 Å². The first-order valence-corrected chi connectivity index (χ1v) is 8.52. The third kappa shape index (κ3) is 4.38. The van der Waals surface area contributed by atoms with Crippen LogP contribution in [-0.4, -0.2) is 28.3 Å². The number of carboxylic acid groups (broad SMARTS) is 1. The highest BCUT2D eigenvalue weighted by molar-refractivity contribution is 8.13. The number of nitrogens with one attached hydrogen (secondary N) is 1. The van der Waals surface area contributed by atoms with E-state index in [1.165, 1.54) is 42.1 Å². The highest BCUT2D eigenvalue weighted by Crippen LogP contribution is 2.28. The smallest absolute Gasteiger partial charge is 0.336 e. The van der Waals surface area contributed by atoms with Crippen LogP contribution in [0.5, 0.6) is 0 Å². The number of rotatable bonds is 4. The number of ketones is 1. The van der Waals surface area contributed by atoms with Gasteiger partial charge in [0.05, 0.1) is 16.3 Å². The zero-order valence-electron chi connectivity index (χ0n) is 13.0. The van der Waals surface area contributed by atoms with Gasteiger partial charge in [-0.15, -0.1) is 0 Å². The van der Waals surface area contributed by atoms with Crippen molar-refractivity contribution in [3.63, 3.8) is 0 Å². The Morgan fingerprint density at radius 1 is 1.24 bits per heavy atom. The van der Waals surface area contributed by atoms with Crippen LogP contribution in [0.15, 0.2) is 47.5 Å². The molecular weight excluding hydrogens is 362 g/mol. The van der Waals surface area contributed by atoms with E-state index in [2.05, 4.69) is 10.3 Å². The van der Waals surface area contributed by atoms with Crippen molar-refractivity contribution < 1.29 is 14.7 Å². The molecule has 126 valence electrons. The van der Waals surface area contributed by atoms with Crippen LogP contribution >= 0.6 is 23.4 Å². The van der Waals surface area contributed by atoms with Crippen molar-refractivity contribution in [2.75, 3.05) is 6.26 Å². The fourth-order valence-corrected chi connectivity index (χ4v) is 2.54. The van der Waals surface area contributed by atoms with Crippen LogP contribution in [0.3, 0.4) is 0 Å². The molecule has 0 aromatic heterocycles. The first-order chi connectivity index (χ1) is 12.0. The number of carbonyl (C=O) groups is 2. The van der Waals surface area contributed by atoms with Crippen molar-refractivity contribution >= 4 is 46.0 Å². The zero-order valence-corrected chi connectivity index (χ0v) is 14.6. The maximum absolute atomic E-state index is 12.7. The molecule has 0 aliphatic heterocycles. The summed E-state index contributed by atoms with van der Waals surface area (Å²) >= 11 is 7.31. The topological polar surface area (TPSA) is 103 Å². The molecular formula is C17H12ClN3O3S. The molecule has 25 heavy (non-hydrogen) atoms. The minimum atomic E-state index is -1.18. The van der Waals surface area contributed by atoms with E-state index in [9.17, 15) is 14.7 Å². The summed E-state index contributed by atoms with van der Waals surface area (Å²) in [6, 6.07) is 10.4. The van der Waals surface area contributed by atoms with Crippen LogP contribution in [0.1, 0.15) is 26.3 Å². The van der Waals surface area contributed by atoms with Crippen molar-refractivity contribution in [2.24, 2.45) is 4.99 Å². The molecule has 6 nitrogen and oxygen atoms in total. The number of nitriles is 1. The van der Waals surface area contributed by atoms with Gasteiger partial charge in [0, 0.05) is 11.1 Å². The van der Waals surface area contributed by atoms with Crippen LogP contribution in [0.2, 0.25) is 5.02 Å². The molecule has 0 fully saturated rings. The first-order valence-electron chi connectivity index (χ1n) is 6.92. The van der Waals surface area contributed by atoms with Gasteiger partial charge in [-0.2, -0.15) is 5.26 Å². The second kappa shape index (κ2) is 8.33. The Kier molecular flexibility index (Phi) is 6.17. The Morgan fingerprint density at radius 3 is 2.52 bits per heavy atom. The number of thioether (sulfide) groups is 1. The molecule has 2 rings (SSSR count). The number of nitrogens with zero attached hydrogens (tertiary/aromatic N) is 2. The number of hydrogen-bond acceptors (Lipinski definition) is 5. The zero-order chi connectivity index (χ0) is 18.4. The van der Waals surface area contributed by atoms with E-state index < -0.39 is 11.8 Å². The lowest BCUT2D eigenvalue weighted by Crippen LogP contribution is -2.12. The van der Waals surface area contributed by atoms with Gasteiger partial charge in [0.1, 0.15) is 0 Å². The highest BCUT2D eigenvalue weighted by Gasteiger charge is 2.18. The summed E-state index contributed by atoms with van der Waals surface area (Å²) in [7, 11) is 0. The molecule has 0 spiro atoms. The number of halogens is 1. The minimum absolute atomic E-state index is 0.0764. The summed E-state index contributed by atoms with van der Waals surface area (Å²) in [4.78, 5) is 28.2. The minimum Gasteiger partial charge on any atom is -0.478 e. The molecule has 0 unspecified atom stereocenters. The fraction of sp³-hybridized carbons (Fsp3) is 0.0588. The normalized spacial score (nSPS) is 10.8. The van der Waals surface area contributed by atoms with Gasteiger partial charge in [0.15, 0.2) is 17.1 Å². The summed E-state index contributed by atoms with van der Waals surface area (Å²) in [5, 5.41) is 21.0. The maximum Gasteiger partial charge on any atom is 0.336 e. The molecule has 0 aliphatic rings. The molecule has 0 bridgehead atoms. The van der Waals surface area contributed by atoms with Crippen LogP contribution in [0, 0.1) is 11.5 Å². The van der Waals surface area contributed by atoms with Crippen LogP contribution in [0.4, 0.5) is 5.69 Å². The summed E-state index contributed by atoms with van der Waals surface area (Å²) in [5.41, 5.74) is 0.539. The molecule has 0 aliphatic carbocycles. The average Bonchev–Trinajstić information content (AvgIpc) is 2.62. The van der Waals surface area contributed by atoms with Crippen molar-refractivity contribution in [1.82, 2.24) is 5.32 Å². The van der Waals surface area contributed by atoms with E-state index in [1.54, 1.807) is 24.6 Å². The number of hydrogen-bond donors (Lipinski definition) is 2. The molecule has 0 radical (unpaired) electrons. The number of carbonyl (C=O) groups excluding carboxylic acids is 1. The average molecular weight is 374 g/mol. The van der Waals surface area contributed by atoms with E-state index in [0.717, 1.165) is 0 Å². The highest BCUT2D eigenvalue weighted by atomic mass is 35.5. The van der Waals surface area contributed by atoms with Gasteiger partial charge in [-0.05, 0) is 30.5 Å². The SMILES string of the molecule is CSC(=Nc1cc(C(=O)c2ccccc2C(=O)O)ccc1Cl)NC#N. The molecule has 0 atom stereocenters. The molecule has 0 saturated carbocycles. The Hall–Kier alpha value is -2.82. The third-order valence-corrected chi connectivity index (χ3v) is 4.09. The molecule has 2 N–H and O–H groups in total. The van der Waals surface area contributed by atoms with Crippen molar-refractivity contribution in [3.05, 3.63) is 64.2 Å². The number of aliphatic imine (C=N–C) groups is 1. The quantitative estimate of drug-likeness (QED) is 0.278. The van der Waals surface area contributed by atoms with Crippen LogP contribution in [0.25, 0.3) is 0 Å². The van der Waals surface area contributed by atoms with E-state index in [4.69, 9.17) is 16.9 Å². The Labute approximate surface area is 153 Å². The molecule has 0 saturated heterocycles. The summed E-state index contributed by atoms with van der Waals surface area (Å²) in [6.07, 6.45) is 3.50. The monoisotopic (exact) mass is 373 g/mol. The molecule has 0 amide bonds. The van der Waals surface area contributed by atoms with E-state index in [-0.39, 0.29) is 16.7 Å². The van der Waals surface area contributed by atoms with Crippen molar-refractivity contribution in [2.45, 2.75) is 0 Å². The predicted octanol–water partition coefficient (Wildman–Crippen LogP) is 3.69. The van der Waals surface area contributed by atoms with Gasteiger partial charge in [-0.25, -0.2) is 9.79 Å². The third-order valence-electron chi connectivity index (χ3n) is 3.19. The fourth-order valence-electron chi connectivity index (χ4n) is 2.04. The van der Waals surface area contributed by atoms with Crippen molar-refractivity contribution in [3.8, 4) is 6.19 Å². The molecule has 8 heteroatoms. The standard InChI is InChI=1S/C17H12ClN3O3S/c1-25-17(20-9-19)21-14-8-10(6-7-13(14)18)15(22)11-4-2-3-5-12(11)16(23)24/h2-8H,1H3,(H,20,21)(H,23,24). The molecule has 2 aromatic carbocycles. The van der Waals surface area contributed by atoms with Gasteiger partial charge in [-0.3, -0.25) is 10.1 Å².